The predicted octanol–water partition coefficient (Wildman–Crippen LogP) is 1.46. The highest BCUT2D eigenvalue weighted by Crippen LogP contribution is 2.13. The fourth-order valence-electron chi connectivity index (χ4n) is 2.04. The molecule has 0 radical (unpaired) electrons. The molecule has 1 fully saturated rings. The summed E-state index contributed by atoms with van der Waals surface area (Å²) in [5.74, 6) is 0.688. The Morgan fingerprint density at radius 3 is 3.06 bits per heavy atom. The van der Waals surface area contributed by atoms with Gasteiger partial charge in [0.25, 0.3) is 0 Å². The van der Waals surface area contributed by atoms with Crippen molar-refractivity contribution in [1.29, 1.82) is 0 Å². The molecule has 0 aromatic carbocycles. The molecular weight excluding hydrogens is 242 g/mol. The van der Waals surface area contributed by atoms with Gasteiger partial charge in [0.05, 0.1) is 11.5 Å². The Bertz CT molecular complexity index is 411. The van der Waals surface area contributed by atoms with Crippen molar-refractivity contribution in [2.24, 2.45) is 0 Å². The molecule has 0 amide bonds. The summed E-state index contributed by atoms with van der Waals surface area (Å²) < 4.78 is 22.8. The number of rotatable bonds is 4. The van der Waals surface area contributed by atoms with Crippen molar-refractivity contribution in [2.45, 2.75) is 25.3 Å². The fourth-order valence-corrected chi connectivity index (χ4v) is 4.42. The zero-order chi connectivity index (χ0) is 11.4. The smallest absolute Gasteiger partial charge is 0.151 e. The average Bonchev–Trinajstić information content (AvgIpc) is 2.69. The molecule has 5 heteroatoms. The van der Waals surface area contributed by atoms with E-state index in [0.29, 0.717) is 11.5 Å². The Kier molecular flexibility index (Phi) is 4.00. The Hall–Kier alpha value is -0.390. The third kappa shape index (κ3) is 3.57. The summed E-state index contributed by atoms with van der Waals surface area (Å²) in [6, 6.07) is 4.33. The first-order chi connectivity index (χ1) is 7.66. The van der Waals surface area contributed by atoms with Crippen molar-refractivity contribution in [3.8, 4) is 0 Å². The van der Waals surface area contributed by atoms with Crippen LogP contribution in [0.3, 0.4) is 0 Å². The summed E-state index contributed by atoms with van der Waals surface area (Å²) in [4.78, 5) is 1.35. The average molecular weight is 259 g/mol. The van der Waals surface area contributed by atoms with E-state index in [1.54, 1.807) is 11.3 Å². The normalized spacial score (nSPS) is 24.4. The molecule has 0 spiro atoms. The van der Waals surface area contributed by atoms with Crippen LogP contribution in [0.2, 0.25) is 0 Å². The van der Waals surface area contributed by atoms with Crippen LogP contribution in [0.4, 0.5) is 0 Å². The summed E-state index contributed by atoms with van der Waals surface area (Å²) in [6.45, 7) is 0.876. The van der Waals surface area contributed by atoms with Gasteiger partial charge >= 0.3 is 0 Å². The minimum Gasteiger partial charge on any atom is -0.313 e. The maximum Gasteiger partial charge on any atom is 0.151 e. The Morgan fingerprint density at radius 1 is 1.50 bits per heavy atom. The molecule has 3 nitrogen and oxygen atoms in total. The van der Waals surface area contributed by atoms with E-state index in [-0.39, 0.29) is 6.04 Å². The summed E-state index contributed by atoms with van der Waals surface area (Å²) in [5, 5.41) is 5.41. The number of hydrogen-bond donors (Lipinski definition) is 1. The highest BCUT2D eigenvalue weighted by Gasteiger charge is 2.23. The van der Waals surface area contributed by atoms with E-state index >= 15 is 0 Å². The van der Waals surface area contributed by atoms with Crippen LogP contribution in [-0.2, 0) is 16.3 Å². The molecule has 1 atom stereocenters. The molecule has 1 aliphatic heterocycles. The van der Waals surface area contributed by atoms with Crippen molar-refractivity contribution in [2.75, 3.05) is 18.1 Å². The zero-order valence-electron chi connectivity index (χ0n) is 9.19. The van der Waals surface area contributed by atoms with Crippen molar-refractivity contribution in [3.05, 3.63) is 22.4 Å². The molecule has 1 saturated heterocycles. The van der Waals surface area contributed by atoms with E-state index < -0.39 is 9.84 Å². The first-order valence-electron chi connectivity index (χ1n) is 5.62. The lowest BCUT2D eigenvalue weighted by Gasteiger charge is -2.22. The lowest BCUT2D eigenvalue weighted by Crippen LogP contribution is -2.40. The quantitative estimate of drug-likeness (QED) is 0.890. The molecule has 90 valence electrons. The topological polar surface area (TPSA) is 46.2 Å². The molecule has 0 bridgehead atoms. The summed E-state index contributed by atoms with van der Waals surface area (Å²) >= 11 is 1.75. The van der Waals surface area contributed by atoms with Gasteiger partial charge in [0.2, 0.25) is 0 Å². The minimum atomic E-state index is -2.78. The second kappa shape index (κ2) is 5.29. The lowest BCUT2D eigenvalue weighted by molar-refractivity contribution is 0.484. The van der Waals surface area contributed by atoms with Crippen LogP contribution < -0.4 is 5.32 Å². The predicted molar refractivity (Wildman–Crippen MR) is 67.7 cm³/mol. The third-order valence-corrected chi connectivity index (χ3v) is 5.60. The molecule has 0 saturated carbocycles. The Labute approximate surface area is 101 Å². The summed E-state index contributed by atoms with van der Waals surface area (Å²) in [7, 11) is -2.78. The van der Waals surface area contributed by atoms with Gasteiger partial charge in [-0.05, 0) is 30.7 Å². The van der Waals surface area contributed by atoms with Crippen LogP contribution in [0, 0.1) is 0 Å². The first-order valence-corrected chi connectivity index (χ1v) is 8.32. The molecule has 0 aliphatic carbocycles. The van der Waals surface area contributed by atoms with Gasteiger partial charge < -0.3 is 5.32 Å². The van der Waals surface area contributed by atoms with Gasteiger partial charge in [-0.1, -0.05) is 6.07 Å². The SMILES string of the molecule is O=S1(=O)CCCC(NCCc2cccs2)C1. The third-order valence-electron chi connectivity index (χ3n) is 2.85. The molecule has 2 heterocycles. The van der Waals surface area contributed by atoms with Crippen LogP contribution in [-0.4, -0.2) is 32.5 Å². The van der Waals surface area contributed by atoms with Crippen molar-refractivity contribution < 1.29 is 8.42 Å². The maximum atomic E-state index is 11.4. The minimum absolute atomic E-state index is 0.165. The lowest BCUT2D eigenvalue weighted by atomic mass is 10.2. The summed E-state index contributed by atoms with van der Waals surface area (Å²) in [6.07, 6.45) is 2.79. The van der Waals surface area contributed by atoms with Gasteiger partial charge in [0.1, 0.15) is 0 Å². The molecule has 1 aromatic rings. The van der Waals surface area contributed by atoms with Crippen molar-refractivity contribution in [3.63, 3.8) is 0 Å². The fraction of sp³-hybridized carbons (Fsp3) is 0.636. The molecule has 1 unspecified atom stereocenters. The van der Waals surface area contributed by atoms with E-state index in [1.165, 1.54) is 4.88 Å². The van der Waals surface area contributed by atoms with Crippen molar-refractivity contribution >= 4 is 21.2 Å². The zero-order valence-corrected chi connectivity index (χ0v) is 10.8. The van der Waals surface area contributed by atoms with E-state index in [0.717, 1.165) is 25.8 Å². The van der Waals surface area contributed by atoms with Crippen LogP contribution in [0.15, 0.2) is 17.5 Å². The maximum absolute atomic E-state index is 11.4. The Morgan fingerprint density at radius 2 is 2.38 bits per heavy atom. The van der Waals surface area contributed by atoms with Gasteiger partial charge in [0.15, 0.2) is 9.84 Å². The molecular formula is C11H17NO2S2. The van der Waals surface area contributed by atoms with Gasteiger partial charge in [-0.2, -0.15) is 0 Å². The standard InChI is InChI=1S/C11H17NO2S2/c13-16(14)8-2-3-10(9-16)12-6-5-11-4-1-7-15-11/h1,4,7,10,12H,2-3,5-6,8-9H2. The van der Waals surface area contributed by atoms with Crippen LogP contribution in [0.1, 0.15) is 17.7 Å². The van der Waals surface area contributed by atoms with E-state index in [9.17, 15) is 8.42 Å². The first kappa shape index (κ1) is 12.1. The highest BCUT2D eigenvalue weighted by atomic mass is 32.2. The van der Waals surface area contributed by atoms with E-state index in [4.69, 9.17) is 0 Å². The van der Waals surface area contributed by atoms with Crippen LogP contribution in [0.5, 0.6) is 0 Å². The number of thiophene rings is 1. The van der Waals surface area contributed by atoms with Crippen molar-refractivity contribution in [1.82, 2.24) is 5.32 Å². The van der Waals surface area contributed by atoms with Gasteiger partial charge in [-0.25, -0.2) is 8.42 Å². The van der Waals surface area contributed by atoms with Crippen LogP contribution >= 0.6 is 11.3 Å². The second-order valence-electron chi connectivity index (χ2n) is 4.24. The number of hydrogen-bond acceptors (Lipinski definition) is 4. The molecule has 2 rings (SSSR count). The van der Waals surface area contributed by atoms with Gasteiger partial charge in [0, 0.05) is 17.5 Å². The molecule has 1 N–H and O–H groups in total. The summed E-state index contributed by atoms with van der Waals surface area (Å²) in [5.41, 5.74) is 0. The molecule has 1 aromatic heterocycles. The largest absolute Gasteiger partial charge is 0.313 e. The van der Waals surface area contributed by atoms with E-state index in [1.807, 2.05) is 6.07 Å². The van der Waals surface area contributed by atoms with Crippen LogP contribution in [0.25, 0.3) is 0 Å². The van der Waals surface area contributed by atoms with Gasteiger partial charge in [-0.15, -0.1) is 11.3 Å². The Balaban J connectivity index is 1.74. The molecule has 16 heavy (non-hydrogen) atoms. The number of sulfone groups is 1. The van der Waals surface area contributed by atoms with E-state index in [2.05, 4.69) is 16.8 Å². The monoisotopic (exact) mass is 259 g/mol. The highest BCUT2D eigenvalue weighted by molar-refractivity contribution is 7.91. The number of nitrogens with one attached hydrogen (secondary N) is 1. The second-order valence-corrected chi connectivity index (χ2v) is 7.50. The molecule has 1 aliphatic rings. The van der Waals surface area contributed by atoms with Gasteiger partial charge in [-0.3, -0.25) is 0 Å².